The predicted octanol–water partition coefficient (Wildman–Crippen LogP) is 1.82. The molecule has 9 heteroatoms. The molecule has 0 atom stereocenters. The van der Waals surface area contributed by atoms with Crippen LogP contribution in [0.25, 0.3) is 10.6 Å². The first-order valence-electron chi connectivity index (χ1n) is 7.38. The maximum atomic E-state index is 11.9. The number of benzene rings is 1. The number of nitrogens with one attached hydrogen (secondary N) is 2. The molecule has 0 aliphatic carbocycles. The monoisotopic (exact) mass is 363 g/mol. The van der Waals surface area contributed by atoms with Gasteiger partial charge in [0.2, 0.25) is 0 Å². The highest BCUT2D eigenvalue weighted by Gasteiger charge is 2.16. The minimum atomic E-state index is -0.734. The summed E-state index contributed by atoms with van der Waals surface area (Å²) in [6, 6.07) is 6.60. The molecule has 2 rings (SSSR count). The molecule has 2 N–H and O–H groups in total. The molecule has 1 aromatic heterocycles. The van der Waals surface area contributed by atoms with E-state index >= 15 is 0 Å². The number of thiazole rings is 1. The topological polar surface area (TPSA) is 107 Å². The van der Waals surface area contributed by atoms with Gasteiger partial charge in [-0.1, -0.05) is 0 Å². The lowest BCUT2D eigenvalue weighted by molar-refractivity contribution is -0.123. The Morgan fingerprint density at radius 1 is 1.20 bits per heavy atom. The number of nitrogens with zero attached hydrogens (tertiary/aromatic N) is 1. The molecule has 0 spiro atoms. The fraction of sp³-hybridized carbons (Fsp3) is 0.250. The summed E-state index contributed by atoms with van der Waals surface area (Å²) in [4.78, 5) is 38.8. The molecule has 25 heavy (non-hydrogen) atoms. The molecule has 0 fully saturated rings. The average Bonchev–Trinajstić information content (AvgIpc) is 3.10. The van der Waals surface area contributed by atoms with Gasteiger partial charge < -0.3 is 14.8 Å². The molecule has 3 amide bonds. The molecule has 0 radical (unpaired) electrons. The normalized spacial score (nSPS) is 10.0. The molecule has 0 aliphatic rings. The molecule has 0 saturated heterocycles. The number of urea groups is 1. The molecule has 0 unspecified atom stereocenters. The van der Waals surface area contributed by atoms with Gasteiger partial charge >= 0.3 is 12.0 Å². The van der Waals surface area contributed by atoms with Crippen molar-refractivity contribution in [3.8, 4) is 16.3 Å². The first-order chi connectivity index (χ1) is 12.0. The highest BCUT2D eigenvalue weighted by molar-refractivity contribution is 7.13. The van der Waals surface area contributed by atoms with Crippen LogP contribution in [0.5, 0.6) is 5.75 Å². The van der Waals surface area contributed by atoms with Crippen molar-refractivity contribution < 1.29 is 23.9 Å². The number of imide groups is 1. The Bertz CT molecular complexity index is 757. The van der Waals surface area contributed by atoms with Crippen molar-refractivity contribution in [2.45, 2.75) is 6.92 Å². The third-order valence-electron chi connectivity index (χ3n) is 2.97. The maximum Gasteiger partial charge on any atom is 0.358 e. The summed E-state index contributed by atoms with van der Waals surface area (Å²) < 4.78 is 9.94. The molecule has 0 bridgehead atoms. The van der Waals surface area contributed by atoms with Crippen molar-refractivity contribution in [3.05, 3.63) is 35.3 Å². The Hall–Kier alpha value is -2.94. The number of aromatic nitrogens is 1. The zero-order valence-electron chi connectivity index (χ0n) is 13.7. The number of carbonyl (C=O) groups excluding carboxylic acids is 3. The second-order valence-electron chi connectivity index (χ2n) is 4.75. The second kappa shape index (κ2) is 8.78. The van der Waals surface area contributed by atoms with E-state index in [2.05, 4.69) is 10.3 Å². The van der Waals surface area contributed by atoms with Gasteiger partial charge in [0.05, 0.1) is 7.11 Å². The fourth-order valence-corrected chi connectivity index (χ4v) is 2.60. The number of methoxy groups -OCH3 is 1. The number of esters is 1. The molecule has 132 valence electrons. The summed E-state index contributed by atoms with van der Waals surface area (Å²) in [5.41, 5.74) is 0.931. The summed E-state index contributed by atoms with van der Waals surface area (Å²) in [6.45, 7) is 1.53. The van der Waals surface area contributed by atoms with E-state index < -0.39 is 24.5 Å². The summed E-state index contributed by atoms with van der Waals surface area (Å²) in [5.74, 6) is -0.731. The van der Waals surface area contributed by atoms with Crippen LogP contribution in [0, 0.1) is 0 Å². The summed E-state index contributed by atoms with van der Waals surface area (Å²) >= 11 is 1.28. The Morgan fingerprint density at radius 2 is 1.92 bits per heavy atom. The average molecular weight is 363 g/mol. The zero-order valence-corrected chi connectivity index (χ0v) is 14.5. The molecule has 1 aromatic carbocycles. The lowest BCUT2D eigenvalue weighted by atomic mass is 10.2. The number of rotatable bonds is 6. The SMILES string of the molecule is CCNC(=O)NC(=O)COC(=O)c1csc(-c2ccc(OC)cc2)n1. The minimum absolute atomic E-state index is 0.0987. The minimum Gasteiger partial charge on any atom is -0.497 e. The van der Waals surface area contributed by atoms with Crippen molar-refractivity contribution in [2.24, 2.45) is 0 Å². The number of hydrogen-bond donors (Lipinski definition) is 2. The summed E-state index contributed by atoms with van der Waals surface area (Å²) in [6.07, 6.45) is 0. The van der Waals surface area contributed by atoms with Gasteiger partial charge in [0.1, 0.15) is 10.8 Å². The first-order valence-corrected chi connectivity index (χ1v) is 8.26. The van der Waals surface area contributed by atoms with Crippen LogP contribution < -0.4 is 15.4 Å². The van der Waals surface area contributed by atoms with Crippen LogP contribution in [0.3, 0.4) is 0 Å². The Balaban J connectivity index is 1.91. The number of hydrogen-bond acceptors (Lipinski definition) is 7. The Morgan fingerprint density at radius 3 is 2.56 bits per heavy atom. The Kier molecular flexibility index (Phi) is 6.47. The van der Waals surface area contributed by atoms with Crippen molar-refractivity contribution in [1.29, 1.82) is 0 Å². The van der Waals surface area contributed by atoms with E-state index in [0.717, 1.165) is 11.3 Å². The highest BCUT2D eigenvalue weighted by atomic mass is 32.1. The number of carbonyl (C=O) groups is 3. The van der Waals surface area contributed by atoms with Gasteiger partial charge in [0.15, 0.2) is 12.3 Å². The summed E-state index contributed by atoms with van der Waals surface area (Å²) in [5, 5.41) is 6.61. The second-order valence-corrected chi connectivity index (χ2v) is 5.61. The first kappa shape index (κ1) is 18.4. The molecule has 0 saturated carbocycles. The van der Waals surface area contributed by atoms with E-state index in [0.29, 0.717) is 11.6 Å². The van der Waals surface area contributed by atoms with Gasteiger partial charge in [-0.05, 0) is 31.2 Å². The van der Waals surface area contributed by atoms with Gasteiger partial charge in [-0.25, -0.2) is 14.6 Å². The molecule has 1 heterocycles. The van der Waals surface area contributed by atoms with Gasteiger partial charge in [-0.2, -0.15) is 0 Å². The zero-order chi connectivity index (χ0) is 18.2. The molecular formula is C16H17N3O5S. The van der Waals surface area contributed by atoms with Crippen LogP contribution in [-0.4, -0.2) is 43.2 Å². The fourth-order valence-electron chi connectivity index (χ4n) is 1.81. The van der Waals surface area contributed by atoms with E-state index in [-0.39, 0.29) is 5.69 Å². The predicted molar refractivity (Wildman–Crippen MR) is 91.6 cm³/mol. The number of amides is 3. The molecular weight excluding hydrogens is 346 g/mol. The smallest absolute Gasteiger partial charge is 0.358 e. The maximum absolute atomic E-state index is 11.9. The van der Waals surface area contributed by atoms with Crippen LogP contribution in [-0.2, 0) is 9.53 Å². The van der Waals surface area contributed by atoms with Gasteiger partial charge in [0, 0.05) is 17.5 Å². The van der Waals surface area contributed by atoms with Gasteiger partial charge in [0.25, 0.3) is 5.91 Å². The van der Waals surface area contributed by atoms with E-state index in [1.165, 1.54) is 11.3 Å². The molecule has 2 aromatic rings. The third-order valence-corrected chi connectivity index (χ3v) is 3.87. The lowest BCUT2D eigenvalue weighted by Crippen LogP contribution is -2.41. The van der Waals surface area contributed by atoms with E-state index in [1.54, 1.807) is 31.5 Å². The van der Waals surface area contributed by atoms with Crippen molar-refractivity contribution >= 4 is 29.2 Å². The summed E-state index contributed by atoms with van der Waals surface area (Å²) in [7, 11) is 1.58. The lowest BCUT2D eigenvalue weighted by Gasteiger charge is -2.05. The number of ether oxygens (including phenoxy) is 2. The van der Waals surface area contributed by atoms with E-state index in [1.807, 2.05) is 17.4 Å². The molecule has 8 nitrogen and oxygen atoms in total. The van der Waals surface area contributed by atoms with Crippen LogP contribution in [0.4, 0.5) is 4.79 Å². The van der Waals surface area contributed by atoms with Crippen LogP contribution in [0.2, 0.25) is 0 Å². The quantitative estimate of drug-likeness (QED) is 0.758. The van der Waals surface area contributed by atoms with Crippen LogP contribution in [0.1, 0.15) is 17.4 Å². The Labute approximate surface area is 148 Å². The standard InChI is InChI=1S/C16H17N3O5S/c1-3-17-16(22)19-13(20)8-24-15(21)12-9-25-14(18-12)10-4-6-11(23-2)7-5-10/h4-7,9H,3,8H2,1-2H3,(H2,17,19,20,22). The highest BCUT2D eigenvalue weighted by Crippen LogP contribution is 2.25. The van der Waals surface area contributed by atoms with Gasteiger partial charge in [-0.15, -0.1) is 11.3 Å². The van der Waals surface area contributed by atoms with Crippen LogP contribution >= 0.6 is 11.3 Å². The third kappa shape index (κ3) is 5.28. The van der Waals surface area contributed by atoms with Crippen molar-refractivity contribution in [3.63, 3.8) is 0 Å². The van der Waals surface area contributed by atoms with Crippen LogP contribution in [0.15, 0.2) is 29.6 Å². The van der Waals surface area contributed by atoms with E-state index in [9.17, 15) is 14.4 Å². The van der Waals surface area contributed by atoms with E-state index in [4.69, 9.17) is 9.47 Å². The van der Waals surface area contributed by atoms with Crippen molar-refractivity contribution in [2.75, 3.05) is 20.3 Å². The molecule has 0 aliphatic heterocycles. The van der Waals surface area contributed by atoms with Crippen molar-refractivity contribution in [1.82, 2.24) is 15.6 Å². The van der Waals surface area contributed by atoms with Gasteiger partial charge in [-0.3, -0.25) is 10.1 Å². The largest absolute Gasteiger partial charge is 0.497 e.